The van der Waals surface area contributed by atoms with Crippen molar-refractivity contribution in [2.24, 2.45) is 9.98 Å². The number of nitrogens with zero attached hydrogens (tertiary/aromatic N) is 4. The molecule has 48 heavy (non-hydrogen) atoms. The Labute approximate surface area is 286 Å². The lowest BCUT2D eigenvalue weighted by Crippen LogP contribution is -2.31. The van der Waals surface area contributed by atoms with E-state index in [-0.39, 0.29) is 27.2 Å². The number of aliphatic hydroxyl groups excluding tert-OH is 1. The maximum atomic E-state index is 13.9. The Bertz CT molecular complexity index is 1350. The van der Waals surface area contributed by atoms with Crippen molar-refractivity contribution in [2.45, 2.75) is 70.9 Å². The van der Waals surface area contributed by atoms with Gasteiger partial charge in [-0.1, -0.05) is 13.3 Å². The Morgan fingerprint density at radius 1 is 0.938 bits per heavy atom. The number of likely N-dealkylation sites (tertiary alicyclic amines) is 2. The number of halogens is 2. The summed E-state index contributed by atoms with van der Waals surface area (Å²) in [4.78, 5) is 12.6. The lowest BCUT2D eigenvalue weighted by Gasteiger charge is -2.20. The monoisotopic (exact) mass is 690 g/mol. The zero-order chi connectivity index (χ0) is 34.5. The van der Waals surface area contributed by atoms with E-state index < -0.39 is 12.3 Å². The van der Waals surface area contributed by atoms with Crippen LogP contribution in [0.4, 0.5) is 20.2 Å². The summed E-state index contributed by atoms with van der Waals surface area (Å²) in [6, 6.07) is 7.37. The molecule has 2 heterocycles. The van der Waals surface area contributed by atoms with E-state index >= 15 is 0 Å². The van der Waals surface area contributed by atoms with Gasteiger partial charge in [0, 0.05) is 50.9 Å². The van der Waals surface area contributed by atoms with Crippen LogP contribution >= 0.6 is 7.92 Å². The lowest BCUT2D eigenvalue weighted by atomic mass is 10.1. The molecule has 0 aliphatic carbocycles. The normalized spacial score (nSPS) is 20.8. The topological polar surface area (TPSA) is 88.4 Å². The fraction of sp³-hybridized carbons (Fsp3) is 0.611. The number of rotatable bonds is 20. The molecule has 2 aromatic rings. The minimum Gasteiger partial charge on any atom is -0.493 e. The standard InChI is InChI=1S/C36H53F2N4O5P/c1-6-13-48(15-8-12-47-36-20-32(39-3)27(17-34(36)45-5)22-41-10-9-28(37)23-41)14-7-11-46-35-19-31(26(2)16-33(35)44-4)40-21-30-18-29(38)24-42(30)25-43/h16-17,19-21,28-30,43H,3,6-15,18,22-25H2,1-2,4-5H3/t28?,29?,30-,48?/m0/s1. The molecule has 12 heteroatoms. The first kappa shape index (κ1) is 38.0. The van der Waals surface area contributed by atoms with E-state index in [2.05, 4.69) is 28.5 Å². The van der Waals surface area contributed by atoms with Crippen LogP contribution in [0.5, 0.6) is 23.0 Å². The first-order valence-corrected chi connectivity index (χ1v) is 18.9. The minimum atomic E-state index is -0.960. The number of hydrogen-bond acceptors (Lipinski definition) is 9. The van der Waals surface area contributed by atoms with Crippen LogP contribution < -0.4 is 18.9 Å². The lowest BCUT2D eigenvalue weighted by molar-refractivity contribution is 0.112. The number of hydrogen-bond donors (Lipinski definition) is 1. The highest BCUT2D eigenvalue weighted by Crippen LogP contribution is 2.40. The van der Waals surface area contributed by atoms with Crippen molar-refractivity contribution in [2.75, 3.05) is 72.3 Å². The molecule has 2 aliphatic heterocycles. The molecule has 266 valence electrons. The van der Waals surface area contributed by atoms with Crippen molar-refractivity contribution in [3.8, 4) is 23.0 Å². The number of aryl methyl sites for hydroxylation is 1. The second-order valence-corrected chi connectivity index (χ2v) is 15.2. The van der Waals surface area contributed by atoms with E-state index in [9.17, 15) is 13.9 Å². The van der Waals surface area contributed by atoms with Gasteiger partial charge >= 0.3 is 0 Å². The number of benzene rings is 2. The SMILES string of the molecule is C=Nc1cc(OCCCP(CCC)CCCOc2cc(N=C[C@@H]3CC(F)CN3CO)c(C)cc2OC)c(OC)cc1CN1CCC(F)C1. The third-order valence-corrected chi connectivity index (χ3v) is 11.9. The molecule has 0 bridgehead atoms. The molecule has 0 amide bonds. The smallest absolute Gasteiger partial charge is 0.163 e. The number of methoxy groups -OCH3 is 2. The molecule has 2 fully saturated rings. The summed E-state index contributed by atoms with van der Waals surface area (Å²) in [7, 11) is 3.09. The molecule has 0 radical (unpaired) electrons. The summed E-state index contributed by atoms with van der Waals surface area (Å²) in [6.07, 6.45) is 7.29. The molecular weight excluding hydrogens is 637 g/mol. The van der Waals surface area contributed by atoms with E-state index in [0.29, 0.717) is 62.1 Å². The number of alkyl halides is 2. The summed E-state index contributed by atoms with van der Waals surface area (Å²) in [5.41, 5.74) is 3.36. The largest absolute Gasteiger partial charge is 0.493 e. The van der Waals surface area contributed by atoms with Crippen LogP contribution in [0.3, 0.4) is 0 Å². The summed E-state index contributed by atoms with van der Waals surface area (Å²) in [5.74, 6) is 2.60. The van der Waals surface area contributed by atoms with Crippen LogP contribution in [-0.4, -0.2) is 119 Å². The average Bonchev–Trinajstić information content (AvgIpc) is 3.67. The fourth-order valence-electron chi connectivity index (χ4n) is 6.32. The molecular formula is C36H53F2N4O5P. The summed E-state index contributed by atoms with van der Waals surface area (Å²) >= 11 is 0. The van der Waals surface area contributed by atoms with Crippen molar-refractivity contribution in [1.82, 2.24) is 9.80 Å². The number of aliphatic imine (C=N–C) groups is 2. The molecule has 9 nitrogen and oxygen atoms in total. The third kappa shape index (κ3) is 10.8. The predicted molar refractivity (Wildman–Crippen MR) is 192 cm³/mol. The minimum absolute atomic E-state index is 0.169. The van der Waals surface area contributed by atoms with Gasteiger partial charge in [-0.05, 0) is 74.6 Å². The quantitative estimate of drug-likeness (QED) is 0.0903. The highest BCUT2D eigenvalue weighted by molar-refractivity contribution is 7.57. The molecule has 3 unspecified atom stereocenters. The molecule has 2 aliphatic rings. The van der Waals surface area contributed by atoms with Crippen LogP contribution in [-0.2, 0) is 6.54 Å². The van der Waals surface area contributed by atoms with Crippen molar-refractivity contribution >= 4 is 32.2 Å². The molecule has 2 aromatic carbocycles. The van der Waals surface area contributed by atoms with Crippen molar-refractivity contribution in [3.63, 3.8) is 0 Å². The second-order valence-electron chi connectivity index (χ2n) is 12.5. The Morgan fingerprint density at radius 3 is 2.19 bits per heavy atom. The Morgan fingerprint density at radius 2 is 1.60 bits per heavy atom. The highest BCUT2D eigenvalue weighted by atomic mass is 31.1. The van der Waals surface area contributed by atoms with Gasteiger partial charge in [0.05, 0.1) is 51.6 Å². The number of ether oxygens (including phenoxy) is 4. The Balaban J connectivity index is 1.26. The molecule has 4 rings (SSSR count). The zero-order valence-corrected chi connectivity index (χ0v) is 29.9. The molecule has 0 aromatic heterocycles. The first-order valence-electron chi connectivity index (χ1n) is 17.0. The van der Waals surface area contributed by atoms with Gasteiger partial charge in [-0.3, -0.25) is 19.8 Å². The van der Waals surface area contributed by atoms with Gasteiger partial charge < -0.3 is 24.1 Å². The summed E-state index contributed by atoms with van der Waals surface area (Å²) < 4.78 is 51.2. The molecule has 2 saturated heterocycles. The van der Waals surface area contributed by atoms with Crippen LogP contribution in [0.2, 0.25) is 0 Å². The molecule has 4 atom stereocenters. The van der Waals surface area contributed by atoms with Crippen LogP contribution in [0.15, 0.2) is 34.3 Å². The maximum Gasteiger partial charge on any atom is 0.163 e. The first-order chi connectivity index (χ1) is 23.3. The maximum absolute atomic E-state index is 13.9. The third-order valence-electron chi connectivity index (χ3n) is 8.88. The van der Waals surface area contributed by atoms with Crippen LogP contribution in [0.1, 0.15) is 50.2 Å². The fourth-order valence-corrected chi connectivity index (χ4v) is 8.78. The average molecular weight is 691 g/mol. The van der Waals surface area contributed by atoms with E-state index in [1.54, 1.807) is 25.3 Å². The van der Waals surface area contributed by atoms with Gasteiger partial charge in [0.15, 0.2) is 23.0 Å². The van der Waals surface area contributed by atoms with E-state index in [0.717, 1.165) is 60.6 Å². The van der Waals surface area contributed by atoms with E-state index in [1.807, 2.05) is 31.2 Å². The van der Waals surface area contributed by atoms with E-state index in [4.69, 9.17) is 18.9 Å². The summed E-state index contributed by atoms with van der Waals surface area (Å²) in [6.45, 7) is 10.9. The van der Waals surface area contributed by atoms with Gasteiger partial charge in [-0.2, -0.15) is 0 Å². The van der Waals surface area contributed by atoms with Crippen LogP contribution in [0.25, 0.3) is 0 Å². The van der Waals surface area contributed by atoms with Gasteiger partial charge in [-0.25, -0.2) is 8.78 Å². The highest BCUT2D eigenvalue weighted by Gasteiger charge is 2.30. The molecule has 0 saturated carbocycles. The Hall–Kier alpha value is -2.85. The van der Waals surface area contributed by atoms with Gasteiger partial charge in [0.1, 0.15) is 12.3 Å². The Kier molecular flexibility index (Phi) is 15.3. The van der Waals surface area contributed by atoms with Gasteiger partial charge in [0.25, 0.3) is 0 Å². The van der Waals surface area contributed by atoms with Gasteiger partial charge in [0.2, 0.25) is 0 Å². The van der Waals surface area contributed by atoms with Crippen molar-refractivity contribution in [1.29, 1.82) is 0 Å². The zero-order valence-electron chi connectivity index (χ0n) is 29.0. The second kappa shape index (κ2) is 19.4. The predicted octanol–water partition coefficient (Wildman–Crippen LogP) is 7.08. The van der Waals surface area contributed by atoms with Crippen molar-refractivity contribution in [3.05, 3.63) is 35.4 Å². The molecule has 1 N–H and O–H groups in total. The number of aliphatic hydroxyl groups is 1. The van der Waals surface area contributed by atoms with Crippen molar-refractivity contribution < 1.29 is 32.8 Å². The van der Waals surface area contributed by atoms with E-state index in [1.165, 1.54) is 6.16 Å². The summed E-state index contributed by atoms with van der Waals surface area (Å²) in [5, 5.41) is 9.54. The van der Waals surface area contributed by atoms with Crippen LogP contribution in [0, 0.1) is 6.92 Å². The molecule has 0 spiro atoms. The van der Waals surface area contributed by atoms with Gasteiger partial charge in [-0.15, -0.1) is 7.92 Å².